The second-order valence-electron chi connectivity index (χ2n) is 3.49. The lowest BCUT2D eigenvalue weighted by molar-refractivity contribution is 0.0648. The van der Waals surface area contributed by atoms with Crippen LogP contribution in [0.2, 0.25) is 0 Å². The van der Waals surface area contributed by atoms with Crippen LogP contribution in [0.3, 0.4) is 0 Å². The molecule has 80 valence electrons. The molecule has 0 aromatic heterocycles. The number of likely N-dealkylation sites (tertiary alicyclic amines) is 1. The second-order valence-corrected chi connectivity index (χ2v) is 3.49. The normalized spacial score (nSPS) is 14.7. The van der Waals surface area contributed by atoms with Gasteiger partial charge in [-0.05, 0) is 24.6 Å². The van der Waals surface area contributed by atoms with E-state index in [0.717, 1.165) is 19.5 Å². The number of carbonyl (C=O) groups excluding carboxylic acids is 1. The average molecular weight is 209 g/mol. The fourth-order valence-electron chi connectivity index (χ4n) is 1.54. The van der Waals surface area contributed by atoms with Crippen LogP contribution >= 0.6 is 0 Å². The van der Waals surface area contributed by atoms with Crippen LogP contribution in [0.15, 0.2) is 18.2 Å². The molecule has 1 fully saturated rings. The van der Waals surface area contributed by atoms with Crippen molar-refractivity contribution >= 4 is 5.91 Å². The van der Waals surface area contributed by atoms with Crippen molar-refractivity contribution in [3.05, 3.63) is 29.6 Å². The van der Waals surface area contributed by atoms with Gasteiger partial charge in [0, 0.05) is 13.1 Å². The van der Waals surface area contributed by atoms with E-state index in [1.807, 2.05) is 0 Å². The largest absolute Gasteiger partial charge is 0.496 e. The van der Waals surface area contributed by atoms with E-state index in [-0.39, 0.29) is 5.91 Å². The van der Waals surface area contributed by atoms with Gasteiger partial charge in [-0.1, -0.05) is 0 Å². The average Bonchev–Trinajstić information content (AvgIpc) is 2.15. The molecule has 0 radical (unpaired) electrons. The zero-order valence-corrected chi connectivity index (χ0v) is 8.50. The number of halogens is 1. The second kappa shape index (κ2) is 3.88. The van der Waals surface area contributed by atoms with Gasteiger partial charge in [0.05, 0.1) is 12.7 Å². The van der Waals surface area contributed by atoms with Gasteiger partial charge >= 0.3 is 0 Å². The Morgan fingerprint density at radius 1 is 1.47 bits per heavy atom. The molecule has 0 N–H and O–H groups in total. The van der Waals surface area contributed by atoms with E-state index < -0.39 is 5.82 Å². The van der Waals surface area contributed by atoms with Crippen molar-refractivity contribution in [2.75, 3.05) is 20.2 Å². The molecule has 4 heteroatoms. The SMILES string of the molecule is COc1ccc(F)cc1C(=O)N1CCC1. The summed E-state index contributed by atoms with van der Waals surface area (Å²) >= 11 is 0. The number of methoxy groups -OCH3 is 1. The van der Waals surface area contributed by atoms with Crippen molar-refractivity contribution in [1.29, 1.82) is 0 Å². The Hall–Kier alpha value is -1.58. The van der Waals surface area contributed by atoms with Crippen molar-refractivity contribution in [3.8, 4) is 5.75 Å². The fraction of sp³-hybridized carbons (Fsp3) is 0.364. The minimum absolute atomic E-state index is 0.155. The molecule has 1 saturated heterocycles. The molecule has 2 rings (SSSR count). The molecule has 0 spiro atoms. The lowest BCUT2D eigenvalue weighted by Gasteiger charge is -2.31. The zero-order valence-electron chi connectivity index (χ0n) is 8.50. The summed E-state index contributed by atoms with van der Waals surface area (Å²) in [7, 11) is 1.47. The molecule has 1 aromatic rings. The van der Waals surface area contributed by atoms with Gasteiger partial charge in [-0.2, -0.15) is 0 Å². The van der Waals surface area contributed by atoms with Crippen molar-refractivity contribution in [2.24, 2.45) is 0 Å². The number of rotatable bonds is 2. The smallest absolute Gasteiger partial charge is 0.257 e. The van der Waals surface area contributed by atoms with Gasteiger partial charge in [0.2, 0.25) is 0 Å². The summed E-state index contributed by atoms with van der Waals surface area (Å²) in [5, 5.41) is 0. The third-order valence-electron chi connectivity index (χ3n) is 2.54. The first-order valence-corrected chi connectivity index (χ1v) is 4.85. The van der Waals surface area contributed by atoms with Gasteiger partial charge < -0.3 is 9.64 Å². The number of carbonyl (C=O) groups is 1. The van der Waals surface area contributed by atoms with E-state index in [0.29, 0.717) is 11.3 Å². The molecular formula is C11H12FNO2. The number of hydrogen-bond acceptors (Lipinski definition) is 2. The maximum Gasteiger partial charge on any atom is 0.257 e. The third kappa shape index (κ3) is 1.79. The van der Waals surface area contributed by atoms with Crippen LogP contribution < -0.4 is 4.74 Å². The highest BCUT2D eigenvalue weighted by molar-refractivity contribution is 5.97. The monoisotopic (exact) mass is 209 g/mol. The molecule has 1 aliphatic rings. The lowest BCUT2D eigenvalue weighted by Crippen LogP contribution is -2.42. The Balaban J connectivity index is 2.31. The Morgan fingerprint density at radius 3 is 2.73 bits per heavy atom. The maximum absolute atomic E-state index is 13.0. The van der Waals surface area contributed by atoms with Gasteiger partial charge in [0.25, 0.3) is 5.91 Å². The number of amides is 1. The third-order valence-corrected chi connectivity index (χ3v) is 2.54. The Morgan fingerprint density at radius 2 is 2.20 bits per heavy atom. The summed E-state index contributed by atoms with van der Waals surface area (Å²) in [5.74, 6) is -0.148. The Kier molecular flexibility index (Phi) is 2.58. The highest BCUT2D eigenvalue weighted by Crippen LogP contribution is 2.22. The summed E-state index contributed by atoms with van der Waals surface area (Å²) in [6, 6.07) is 3.98. The molecule has 1 amide bonds. The maximum atomic E-state index is 13.0. The molecule has 3 nitrogen and oxygen atoms in total. The van der Waals surface area contributed by atoms with Crippen molar-refractivity contribution in [3.63, 3.8) is 0 Å². The lowest BCUT2D eigenvalue weighted by atomic mass is 10.1. The first-order chi connectivity index (χ1) is 7.22. The Labute approximate surface area is 87.5 Å². The summed E-state index contributed by atoms with van der Waals surface area (Å²) in [6.45, 7) is 1.50. The summed E-state index contributed by atoms with van der Waals surface area (Å²) in [5.41, 5.74) is 0.303. The molecule has 1 aliphatic heterocycles. The van der Waals surface area contributed by atoms with E-state index in [1.165, 1.54) is 25.3 Å². The quantitative estimate of drug-likeness (QED) is 0.741. The van der Waals surface area contributed by atoms with Gasteiger partial charge in [0.15, 0.2) is 0 Å². The number of benzene rings is 1. The molecule has 0 atom stereocenters. The molecule has 0 unspecified atom stereocenters. The minimum atomic E-state index is -0.417. The van der Waals surface area contributed by atoms with E-state index in [4.69, 9.17) is 4.74 Å². The minimum Gasteiger partial charge on any atom is -0.496 e. The van der Waals surface area contributed by atoms with Crippen molar-refractivity contribution in [2.45, 2.75) is 6.42 Å². The summed E-state index contributed by atoms with van der Waals surface area (Å²) in [6.07, 6.45) is 1.02. The first-order valence-electron chi connectivity index (χ1n) is 4.85. The van der Waals surface area contributed by atoms with Crippen LogP contribution in [0.1, 0.15) is 16.8 Å². The molecule has 0 bridgehead atoms. The molecule has 0 saturated carbocycles. The van der Waals surface area contributed by atoms with Crippen LogP contribution in [0.4, 0.5) is 4.39 Å². The molecule has 1 heterocycles. The van der Waals surface area contributed by atoms with Crippen LogP contribution in [0, 0.1) is 5.82 Å². The molecule has 1 aromatic carbocycles. The van der Waals surface area contributed by atoms with Crippen molar-refractivity contribution in [1.82, 2.24) is 4.90 Å². The van der Waals surface area contributed by atoms with Crippen molar-refractivity contribution < 1.29 is 13.9 Å². The highest BCUT2D eigenvalue weighted by Gasteiger charge is 2.24. The van der Waals surface area contributed by atoms with E-state index in [9.17, 15) is 9.18 Å². The molecular weight excluding hydrogens is 197 g/mol. The van der Waals surface area contributed by atoms with Gasteiger partial charge in [-0.15, -0.1) is 0 Å². The summed E-state index contributed by atoms with van der Waals surface area (Å²) < 4.78 is 18.0. The van der Waals surface area contributed by atoms with Crippen LogP contribution in [0.5, 0.6) is 5.75 Å². The van der Waals surface area contributed by atoms with Crippen LogP contribution in [-0.4, -0.2) is 31.0 Å². The summed E-state index contributed by atoms with van der Waals surface area (Å²) in [4.78, 5) is 13.5. The Bertz CT molecular complexity index is 388. The predicted molar refractivity (Wildman–Crippen MR) is 53.5 cm³/mol. The van der Waals surface area contributed by atoms with Gasteiger partial charge in [0.1, 0.15) is 11.6 Å². The fourth-order valence-corrected chi connectivity index (χ4v) is 1.54. The van der Waals surface area contributed by atoms with Gasteiger partial charge in [-0.25, -0.2) is 4.39 Å². The van der Waals surface area contributed by atoms with Crippen LogP contribution in [0.25, 0.3) is 0 Å². The molecule has 15 heavy (non-hydrogen) atoms. The first kappa shape index (κ1) is 9.96. The van der Waals surface area contributed by atoms with Crippen LogP contribution in [-0.2, 0) is 0 Å². The highest BCUT2D eigenvalue weighted by atomic mass is 19.1. The van der Waals surface area contributed by atoms with Gasteiger partial charge in [-0.3, -0.25) is 4.79 Å². The van der Waals surface area contributed by atoms with E-state index in [2.05, 4.69) is 0 Å². The number of nitrogens with zero attached hydrogens (tertiary/aromatic N) is 1. The van der Waals surface area contributed by atoms with E-state index in [1.54, 1.807) is 4.90 Å². The number of ether oxygens (including phenoxy) is 1. The number of hydrogen-bond donors (Lipinski definition) is 0. The molecule has 0 aliphatic carbocycles. The van der Waals surface area contributed by atoms with E-state index >= 15 is 0 Å². The standard InChI is InChI=1S/C11H12FNO2/c1-15-10-4-3-8(12)7-9(10)11(14)13-5-2-6-13/h3-4,7H,2,5-6H2,1H3. The predicted octanol–water partition coefficient (Wildman–Crippen LogP) is 1.68. The zero-order chi connectivity index (χ0) is 10.8. The topological polar surface area (TPSA) is 29.5 Å².